The van der Waals surface area contributed by atoms with E-state index < -0.39 is 0 Å². The van der Waals surface area contributed by atoms with Gasteiger partial charge in [0.1, 0.15) is 0 Å². The van der Waals surface area contributed by atoms with Crippen molar-refractivity contribution in [2.75, 3.05) is 17.3 Å². The highest BCUT2D eigenvalue weighted by atomic mass is 79.9. The van der Waals surface area contributed by atoms with Gasteiger partial charge < -0.3 is 17.0 Å². The van der Waals surface area contributed by atoms with E-state index in [9.17, 15) is 0 Å². The van der Waals surface area contributed by atoms with E-state index in [0.717, 1.165) is 0 Å². The molecule has 0 unspecified atom stereocenters. The van der Waals surface area contributed by atoms with E-state index in [0.29, 0.717) is 0 Å². The molecule has 16 heavy (non-hydrogen) atoms. The Kier molecular flexibility index (Phi) is 7.33. The van der Waals surface area contributed by atoms with Gasteiger partial charge in [-0.1, -0.05) is 18.2 Å². The zero-order valence-corrected chi connectivity index (χ0v) is 12.5. The first-order chi connectivity index (χ1) is 7.47. The van der Waals surface area contributed by atoms with Crippen LogP contribution in [0.1, 0.15) is 24.8 Å². The third kappa shape index (κ3) is 4.56. The molecule has 0 saturated heterocycles. The summed E-state index contributed by atoms with van der Waals surface area (Å²) in [6.45, 7) is 0. The van der Waals surface area contributed by atoms with Crippen molar-refractivity contribution in [3.8, 4) is 0 Å². The van der Waals surface area contributed by atoms with Gasteiger partial charge in [-0.3, -0.25) is 0 Å². The van der Waals surface area contributed by atoms with Gasteiger partial charge in [-0.05, 0) is 30.7 Å². The third-order valence-corrected chi connectivity index (χ3v) is 5.07. The summed E-state index contributed by atoms with van der Waals surface area (Å²) in [6.07, 6.45) is 4.00. The molecule has 1 heterocycles. The third-order valence-electron chi connectivity index (χ3n) is 2.54. The highest BCUT2D eigenvalue weighted by Crippen LogP contribution is 2.12. The van der Waals surface area contributed by atoms with Crippen molar-refractivity contribution >= 4 is 28.0 Å². The summed E-state index contributed by atoms with van der Waals surface area (Å²) in [5.41, 5.74) is 1.44. The largest absolute Gasteiger partial charge is 1.00 e. The summed E-state index contributed by atoms with van der Waals surface area (Å²) < 4.78 is 0. The fourth-order valence-electron chi connectivity index (χ4n) is 1.74. The highest BCUT2D eigenvalue weighted by Gasteiger charge is 2.14. The number of halogens is 1. The maximum Gasteiger partial charge on any atom is 0.208 e. The molecule has 1 aliphatic heterocycles. The topological polar surface area (TPSA) is 0 Å². The Balaban J connectivity index is 0.00000128. The minimum Gasteiger partial charge on any atom is -1.00 e. The fourth-order valence-corrected chi connectivity index (χ4v) is 3.99. The predicted molar refractivity (Wildman–Crippen MR) is 74.0 cm³/mol. The van der Waals surface area contributed by atoms with E-state index in [4.69, 9.17) is 0 Å². The molecule has 1 aliphatic rings. The van der Waals surface area contributed by atoms with Gasteiger partial charge in [-0.25, -0.2) is 0 Å². The van der Waals surface area contributed by atoms with E-state index in [1.165, 1.54) is 42.1 Å². The number of rotatable bonds is 1. The van der Waals surface area contributed by atoms with E-state index >= 15 is 0 Å². The van der Waals surface area contributed by atoms with E-state index in [1.54, 1.807) is 4.86 Å². The van der Waals surface area contributed by atoms with E-state index in [1.807, 2.05) is 0 Å². The van der Waals surface area contributed by atoms with Gasteiger partial charge in [0, 0.05) is 17.7 Å². The fraction of sp³-hybridized carbons (Fsp3) is 0.462. The van der Waals surface area contributed by atoms with E-state index in [-0.39, 0.29) is 17.0 Å². The van der Waals surface area contributed by atoms with Crippen LogP contribution in [0, 0.1) is 0 Å². The minimum absolute atomic E-state index is 0. The van der Waals surface area contributed by atoms with Gasteiger partial charge >= 0.3 is 0 Å². The molecule has 0 bridgehead atoms. The Labute approximate surface area is 117 Å². The van der Waals surface area contributed by atoms with Gasteiger partial charge in [0.25, 0.3) is 0 Å². The van der Waals surface area contributed by atoms with Crippen molar-refractivity contribution in [2.24, 2.45) is 0 Å². The second-order valence-corrected chi connectivity index (χ2v) is 6.12. The average Bonchev–Trinajstić information content (AvgIpc) is 2.43. The zero-order valence-electron chi connectivity index (χ0n) is 9.32. The lowest BCUT2D eigenvalue weighted by atomic mass is 10.1. The Morgan fingerprint density at radius 1 is 1.00 bits per heavy atom. The van der Waals surface area contributed by atoms with Crippen LogP contribution in [-0.2, 0) is 11.4 Å². The lowest BCUT2D eigenvalue weighted by Crippen LogP contribution is -3.00. The summed E-state index contributed by atoms with van der Waals surface area (Å²) in [6, 6.07) is 10.9. The maximum absolute atomic E-state index is 2.24. The van der Waals surface area contributed by atoms with Crippen LogP contribution in [0.15, 0.2) is 30.3 Å². The smallest absolute Gasteiger partial charge is 0.208 e. The first kappa shape index (κ1) is 14.2. The minimum atomic E-state index is 0. The molecule has 0 spiro atoms. The molecule has 0 aliphatic carbocycles. The number of benzene rings is 1. The number of thioether (sulfide) groups is 1. The molecule has 0 aromatic heterocycles. The number of hydrogen-bond donors (Lipinski definition) is 0. The van der Waals surface area contributed by atoms with Crippen molar-refractivity contribution in [2.45, 2.75) is 19.3 Å². The van der Waals surface area contributed by atoms with Crippen LogP contribution < -0.4 is 17.0 Å². The monoisotopic (exact) mass is 316 g/mol. The Hall–Kier alpha value is 0.140. The predicted octanol–water partition coefficient (Wildman–Crippen LogP) is 0.211. The Morgan fingerprint density at radius 3 is 2.62 bits per heavy atom. The Morgan fingerprint density at radius 2 is 1.81 bits per heavy atom. The standard InChI is InChI=1S/C13H17S2.BrH/c1-2-6-12(7-3-1)13-8-4-5-9-14-10-11-15-13;/h1-3,6-7H,4-5,8-11H2;1H/q+1;/p-1. The zero-order chi connectivity index (χ0) is 10.3. The Bertz CT molecular complexity index is 322. The van der Waals surface area contributed by atoms with Crippen molar-refractivity contribution in [3.05, 3.63) is 35.9 Å². The molecule has 2 rings (SSSR count). The van der Waals surface area contributed by atoms with Crippen LogP contribution in [-0.4, -0.2) is 22.1 Å². The van der Waals surface area contributed by atoms with Crippen LogP contribution in [0.3, 0.4) is 0 Å². The summed E-state index contributed by atoms with van der Waals surface area (Å²) in [4.78, 5) is 1.60. The first-order valence-corrected chi connectivity index (χ1v) is 7.72. The molecule has 0 N–H and O–H groups in total. The molecule has 0 saturated carbocycles. The van der Waals surface area contributed by atoms with Crippen LogP contribution in [0.2, 0.25) is 0 Å². The summed E-state index contributed by atoms with van der Waals surface area (Å²) in [5, 5.41) is 0. The molecule has 0 nitrogen and oxygen atoms in total. The van der Waals surface area contributed by atoms with Gasteiger partial charge in [-0.2, -0.15) is 11.8 Å². The quantitative estimate of drug-likeness (QED) is 0.527. The summed E-state index contributed by atoms with van der Waals surface area (Å²) in [5.74, 6) is 3.93. The van der Waals surface area contributed by atoms with Gasteiger partial charge in [-0.15, -0.1) is 0 Å². The normalized spacial score (nSPS) is 17.4. The number of hydrogen-bond acceptors (Lipinski definition) is 1. The second-order valence-electron chi connectivity index (χ2n) is 3.71. The van der Waals surface area contributed by atoms with Crippen LogP contribution in [0.4, 0.5) is 0 Å². The molecule has 0 fully saturated rings. The van der Waals surface area contributed by atoms with Crippen LogP contribution in [0.25, 0.3) is 0 Å². The lowest BCUT2D eigenvalue weighted by molar-refractivity contribution is -0.00000288. The van der Waals surface area contributed by atoms with Crippen LogP contribution in [0.5, 0.6) is 0 Å². The molecule has 0 radical (unpaired) electrons. The summed E-state index contributed by atoms with van der Waals surface area (Å²) >= 11 is 4.17. The van der Waals surface area contributed by atoms with Gasteiger partial charge in [0.15, 0.2) is 17.1 Å². The van der Waals surface area contributed by atoms with Crippen molar-refractivity contribution < 1.29 is 17.0 Å². The van der Waals surface area contributed by atoms with Crippen molar-refractivity contribution in [1.82, 2.24) is 0 Å². The van der Waals surface area contributed by atoms with E-state index in [2.05, 4.69) is 53.4 Å². The van der Waals surface area contributed by atoms with Crippen LogP contribution >= 0.6 is 11.8 Å². The molecule has 88 valence electrons. The molecule has 0 atom stereocenters. The second kappa shape index (κ2) is 8.26. The molecule has 1 aromatic carbocycles. The highest BCUT2D eigenvalue weighted by molar-refractivity contribution is 7.99. The molecule has 1 aromatic rings. The SMILES string of the molecule is [Br-].c1ccc(C2=[S+]CCSCCCC2)cc1. The molecule has 3 heteroatoms. The molecular weight excluding hydrogens is 300 g/mol. The lowest BCUT2D eigenvalue weighted by Gasteiger charge is -1.97. The van der Waals surface area contributed by atoms with Crippen molar-refractivity contribution in [3.63, 3.8) is 0 Å². The van der Waals surface area contributed by atoms with Crippen molar-refractivity contribution in [1.29, 1.82) is 0 Å². The van der Waals surface area contributed by atoms with Gasteiger partial charge in [0.2, 0.25) is 4.86 Å². The first-order valence-electron chi connectivity index (χ1n) is 5.58. The summed E-state index contributed by atoms with van der Waals surface area (Å²) in [7, 11) is 0. The molecular formula is C13H17BrS2. The maximum atomic E-state index is 2.24. The van der Waals surface area contributed by atoms with Gasteiger partial charge in [0.05, 0.1) is 0 Å². The average molecular weight is 317 g/mol. The molecule has 0 amide bonds.